The summed E-state index contributed by atoms with van der Waals surface area (Å²) < 4.78 is 5.65. The van der Waals surface area contributed by atoms with E-state index < -0.39 is 0 Å². The molecule has 3 rings (SSSR count). The van der Waals surface area contributed by atoms with Crippen molar-refractivity contribution in [1.29, 1.82) is 0 Å². The second-order valence-electron chi connectivity index (χ2n) is 5.77. The van der Waals surface area contributed by atoms with Gasteiger partial charge in [-0.15, -0.1) is 0 Å². The number of nitrogens with zero attached hydrogens (tertiary/aromatic N) is 2. The van der Waals surface area contributed by atoms with Crippen molar-refractivity contribution in [3.05, 3.63) is 64.0 Å². The van der Waals surface area contributed by atoms with E-state index in [4.69, 9.17) is 16.3 Å². The van der Waals surface area contributed by atoms with E-state index >= 15 is 0 Å². The van der Waals surface area contributed by atoms with E-state index in [1.807, 2.05) is 42.5 Å². The molecule has 0 unspecified atom stereocenters. The van der Waals surface area contributed by atoms with E-state index in [9.17, 15) is 4.79 Å². The molecular formula is C20H19ClN2O2S. The van der Waals surface area contributed by atoms with Crippen molar-refractivity contribution in [1.82, 2.24) is 4.90 Å². The molecule has 1 aliphatic rings. The van der Waals surface area contributed by atoms with Gasteiger partial charge >= 0.3 is 0 Å². The summed E-state index contributed by atoms with van der Waals surface area (Å²) in [4.78, 5) is 19.3. The number of thioether (sulfide) groups is 1. The normalized spacial score (nSPS) is 17.3. The molecule has 0 aromatic heterocycles. The average molecular weight is 387 g/mol. The van der Waals surface area contributed by atoms with Gasteiger partial charge in [0.1, 0.15) is 5.75 Å². The number of benzene rings is 2. The highest BCUT2D eigenvalue weighted by atomic mass is 35.5. The fourth-order valence-corrected chi connectivity index (χ4v) is 3.46. The van der Waals surface area contributed by atoms with Crippen LogP contribution in [0.3, 0.4) is 0 Å². The van der Waals surface area contributed by atoms with E-state index in [-0.39, 0.29) is 5.91 Å². The zero-order chi connectivity index (χ0) is 18.5. The van der Waals surface area contributed by atoms with Crippen LogP contribution in [-0.4, -0.2) is 29.6 Å². The van der Waals surface area contributed by atoms with E-state index in [0.717, 1.165) is 23.4 Å². The lowest BCUT2D eigenvalue weighted by atomic mass is 10.2. The Kier molecular flexibility index (Phi) is 6.01. The minimum Gasteiger partial charge on any atom is -0.494 e. The van der Waals surface area contributed by atoms with Gasteiger partial charge in [-0.2, -0.15) is 0 Å². The van der Waals surface area contributed by atoms with Crippen molar-refractivity contribution in [2.75, 3.05) is 13.7 Å². The molecule has 0 aliphatic carbocycles. The van der Waals surface area contributed by atoms with Gasteiger partial charge in [0.05, 0.1) is 17.2 Å². The highest BCUT2D eigenvalue weighted by molar-refractivity contribution is 8.18. The van der Waals surface area contributed by atoms with Crippen molar-refractivity contribution in [2.24, 2.45) is 4.99 Å². The Balaban J connectivity index is 1.82. The molecule has 26 heavy (non-hydrogen) atoms. The summed E-state index contributed by atoms with van der Waals surface area (Å²) in [5, 5.41) is 1.30. The fourth-order valence-electron chi connectivity index (χ4n) is 2.34. The van der Waals surface area contributed by atoms with Crippen LogP contribution >= 0.6 is 23.4 Å². The molecule has 0 bridgehead atoms. The number of carbonyl (C=O) groups excluding carboxylic acids is 1. The molecule has 0 spiro atoms. The number of likely N-dealkylation sites (N-methyl/N-ethyl adjacent to an activating group) is 1. The molecule has 1 fully saturated rings. The lowest BCUT2D eigenvalue weighted by Crippen LogP contribution is -2.23. The topological polar surface area (TPSA) is 41.9 Å². The van der Waals surface area contributed by atoms with Crippen LogP contribution in [0.5, 0.6) is 5.75 Å². The molecule has 6 heteroatoms. The maximum absolute atomic E-state index is 12.5. The number of rotatable bonds is 5. The van der Waals surface area contributed by atoms with Crippen LogP contribution in [0, 0.1) is 0 Å². The Labute approximate surface area is 162 Å². The Bertz CT molecular complexity index is 862. The molecule has 0 saturated carbocycles. The van der Waals surface area contributed by atoms with Crippen molar-refractivity contribution in [3.63, 3.8) is 0 Å². The maximum Gasteiger partial charge on any atom is 0.266 e. The third-order valence-corrected chi connectivity index (χ3v) is 5.00. The van der Waals surface area contributed by atoms with Gasteiger partial charge in [-0.3, -0.25) is 9.69 Å². The monoisotopic (exact) mass is 386 g/mol. The van der Waals surface area contributed by atoms with Crippen LogP contribution in [-0.2, 0) is 4.79 Å². The number of amidine groups is 1. The first-order valence-corrected chi connectivity index (χ1v) is 9.51. The first kappa shape index (κ1) is 18.5. The predicted molar refractivity (Wildman–Crippen MR) is 109 cm³/mol. The molecule has 1 aliphatic heterocycles. The lowest BCUT2D eigenvalue weighted by molar-refractivity contribution is -0.121. The molecule has 1 heterocycles. The molecule has 0 atom stereocenters. The summed E-state index contributed by atoms with van der Waals surface area (Å²) in [6.07, 6.45) is 2.82. The quantitative estimate of drug-likeness (QED) is 0.649. The van der Waals surface area contributed by atoms with Gasteiger partial charge in [0.15, 0.2) is 5.17 Å². The van der Waals surface area contributed by atoms with Crippen molar-refractivity contribution in [3.8, 4) is 5.75 Å². The summed E-state index contributed by atoms with van der Waals surface area (Å²) in [5.74, 6) is 0.739. The van der Waals surface area contributed by atoms with Crippen LogP contribution < -0.4 is 4.74 Å². The SMILES string of the molecule is CCCOc1cccc(/C=C2/SC(=Nc3ccc(Cl)cc3)N(C)C2=O)c1. The average Bonchev–Trinajstić information content (AvgIpc) is 2.90. The minimum absolute atomic E-state index is 0.0670. The third kappa shape index (κ3) is 4.48. The molecule has 134 valence electrons. The number of ether oxygens (including phenoxy) is 1. The van der Waals surface area contributed by atoms with Gasteiger partial charge < -0.3 is 4.74 Å². The number of aliphatic imine (C=N–C) groups is 1. The first-order valence-electron chi connectivity index (χ1n) is 8.31. The Hall–Kier alpha value is -2.24. The van der Waals surface area contributed by atoms with Gasteiger partial charge in [-0.05, 0) is 66.2 Å². The van der Waals surface area contributed by atoms with Gasteiger partial charge in [0.25, 0.3) is 5.91 Å². The highest BCUT2D eigenvalue weighted by Crippen LogP contribution is 2.33. The van der Waals surface area contributed by atoms with E-state index in [0.29, 0.717) is 21.7 Å². The number of hydrogen-bond donors (Lipinski definition) is 0. The number of amides is 1. The highest BCUT2D eigenvalue weighted by Gasteiger charge is 2.30. The predicted octanol–water partition coefficient (Wildman–Crippen LogP) is 5.36. The van der Waals surface area contributed by atoms with Gasteiger partial charge in [-0.1, -0.05) is 30.7 Å². The number of hydrogen-bond acceptors (Lipinski definition) is 4. The summed E-state index contributed by atoms with van der Waals surface area (Å²) >= 11 is 7.26. The molecule has 0 N–H and O–H groups in total. The van der Waals surface area contributed by atoms with Gasteiger partial charge in [-0.25, -0.2) is 4.99 Å². The van der Waals surface area contributed by atoms with Crippen LogP contribution in [0.2, 0.25) is 5.02 Å². The smallest absolute Gasteiger partial charge is 0.266 e. The summed E-state index contributed by atoms with van der Waals surface area (Å²) in [6, 6.07) is 14.9. The van der Waals surface area contributed by atoms with Crippen LogP contribution in [0.4, 0.5) is 5.69 Å². The Morgan fingerprint density at radius 2 is 2.00 bits per heavy atom. The third-order valence-electron chi connectivity index (χ3n) is 3.68. The first-order chi connectivity index (χ1) is 12.6. The zero-order valence-electron chi connectivity index (χ0n) is 14.6. The van der Waals surface area contributed by atoms with Gasteiger partial charge in [0, 0.05) is 12.1 Å². The lowest BCUT2D eigenvalue weighted by Gasteiger charge is -2.07. The molecule has 1 amide bonds. The van der Waals surface area contributed by atoms with E-state index in [2.05, 4.69) is 11.9 Å². The standard InChI is InChI=1S/C20H19ClN2O2S/c1-3-11-25-17-6-4-5-14(12-17)13-18-19(24)23(2)20(26-18)22-16-9-7-15(21)8-10-16/h4-10,12-13H,3,11H2,1-2H3/b18-13+,22-20?. The van der Waals surface area contributed by atoms with E-state index in [1.165, 1.54) is 11.8 Å². The van der Waals surface area contributed by atoms with Crippen molar-refractivity contribution < 1.29 is 9.53 Å². The fraction of sp³-hybridized carbons (Fsp3) is 0.200. The second-order valence-corrected chi connectivity index (χ2v) is 7.21. The number of halogens is 1. The zero-order valence-corrected chi connectivity index (χ0v) is 16.2. The van der Waals surface area contributed by atoms with E-state index in [1.54, 1.807) is 24.1 Å². The van der Waals surface area contributed by atoms with Crippen LogP contribution in [0.15, 0.2) is 58.4 Å². The molecule has 0 radical (unpaired) electrons. The number of carbonyl (C=O) groups is 1. The molecule has 1 saturated heterocycles. The van der Waals surface area contributed by atoms with Crippen LogP contribution in [0.25, 0.3) is 6.08 Å². The minimum atomic E-state index is -0.0670. The summed E-state index contributed by atoms with van der Waals surface area (Å²) in [6.45, 7) is 2.74. The molecular weight excluding hydrogens is 368 g/mol. The largest absolute Gasteiger partial charge is 0.494 e. The van der Waals surface area contributed by atoms with Gasteiger partial charge in [0.2, 0.25) is 0 Å². The second kappa shape index (κ2) is 8.43. The van der Waals surface area contributed by atoms with Crippen molar-refractivity contribution >= 4 is 46.2 Å². The summed E-state index contributed by atoms with van der Waals surface area (Å²) in [7, 11) is 1.73. The molecule has 4 nitrogen and oxygen atoms in total. The Morgan fingerprint density at radius 1 is 1.23 bits per heavy atom. The van der Waals surface area contributed by atoms with Crippen LogP contribution in [0.1, 0.15) is 18.9 Å². The summed E-state index contributed by atoms with van der Waals surface area (Å²) in [5.41, 5.74) is 1.68. The molecule has 2 aromatic rings. The molecule has 2 aromatic carbocycles. The maximum atomic E-state index is 12.5. The van der Waals surface area contributed by atoms with Crippen molar-refractivity contribution in [2.45, 2.75) is 13.3 Å². The Morgan fingerprint density at radius 3 is 2.73 bits per heavy atom.